The van der Waals surface area contributed by atoms with Gasteiger partial charge in [0.15, 0.2) is 5.70 Å². The van der Waals surface area contributed by atoms with Crippen molar-refractivity contribution in [2.45, 2.75) is 0 Å². The van der Waals surface area contributed by atoms with Crippen LogP contribution in [0.2, 0.25) is 5.02 Å². The summed E-state index contributed by atoms with van der Waals surface area (Å²) in [6.45, 7) is 0. The van der Waals surface area contributed by atoms with E-state index in [1.54, 1.807) is 30.3 Å². The van der Waals surface area contributed by atoms with Crippen molar-refractivity contribution >= 4 is 29.5 Å². The van der Waals surface area contributed by atoms with E-state index in [4.69, 9.17) is 16.3 Å². The van der Waals surface area contributed by atoms with Crippen molar-refractivity contribution in [3.05, 3.63) is 76.4 Å². The fourth-order valence-corrected chi connectivity index (χ4v) is 1.96. The predicted molar refractivity (Wildman–Crippen MR) is 78.5 cm³/mol. The maximum Gasteiger partial charge on any atom is 0.363 e. The highest BCUT2D eigenvalue weighted by Crippen LogP contribution is 2.20. The van der Waals surface area contributed by atoms with Gasteiger partial charge in [-0.1, -0.05) is 41.9 Å². The first-order valence-electron chi connectivity index (χ1n) is 6.06. The minimum Gasteiger partial charge on any atom is -0.402 e. The zero-order chi connectivity index (χ0) is 13.9. The molecule has 0 saturated heterocycles. The van der Waals surface area contributed by atoms with Crippen molar-refractivity contribution in [3.63, 3.8) is 0 Å². The number of ether oxygens (including phenoxy) is 1. The smallest absolute Gasteiger partial charge is 0.363 e. The molecule has 2 aromatic rings. The van der Waals surface area contributed by atoms with Gasteiger partial charge in [-0.2, -0.15) is 0 Å². The van der Waals surface area contributed by atoms with Crippen LogP contribution >= 0.6 is 11.6 Å². The zero-order valence-electron chi connectivity index (χ0n) is 10.4. The average molecular weight is 284 g/mol. The standard InChI is InChI=1S/C16H10ClNO2/c17-13-8-6-12(7-9-13)15-18-14(16(19)20-15)10-11-4-2-1-3-5-11/h1-10H/b14-10+. The molecule has 0 amide bonds. The Hall–Kier alpha value is -2.39. The van der Waals surface area contributed by atoms with Crippen LogP contribution in [0.1, 0.15) is 11.1 Å². The fourth-order valence-electron chi connectivity index (χ4n) is 1.83. The van der Waals surface area contributed by atoms with E-state index in [0.29, 0.717) is 16.6 Å². The van der Waals surface area contributed by atoms with Gasteiger partial charge in [0.1, 0.15) is 0 Å². The second-order valence-electron chi connectivity index (χ2n) is 4.25. The Morgan fingerprint density at radius 1 is 1.00 bits per heavy atom. The van der Waals surface area contributed by atoms with Crippen LogP contribution in [0, 0.1) is 0 Å². The topological polar surface area (TPSA) is 38.7 Å². The predicted octanol–water partition coefficient (Wildman–Crippen LogP) is 3.68. The van der Waals surface area contributed by atoms with E-state index in [-0.39, 0.29) is 0 Å². The third-order valence-corrected chi connectivity index (χ3v) is 3.07. The molecule has 98 valence electrons. The van der Waals surface area contributed by atoms with E-state index in [1.807, 2.05) is 30.3 Å². The van der Waals surface area contributed by atoms with Crippen LogP contribution in [-0.4, -0.2) is 11.9 Å². The number of aliphatic imine (C=N–C) groups is 1. The number of hydrogen-bond acceptors (Lipinski definition) is 3. The normalized spacial score (nSPS) is 16.1. The largest absolute Gasteiger partial charge is 0.402 e. The summed E-state index contributed by atoms with van der Waals surface area (Å²) in [6.07, 6.45) is 1.70. The Morgan fingerprint density at radius 3 is 2.40 bits per heavy atom. The van der Waals surface area contributed by atoms with Gasteiger partial charge < -0.3 is 4.74 Å². The molecule has 0 atom stereocenters. The number of halogens is 1. The number of carbonyl (C=O) groups is 1. The quantitative estimate of drug-likeness (QED) is 0.623. The Kier molecular flexibility index (Phi) is 3.35. The summed E-state index contributed by atoms with van der Waals surface area (Å²) < 4.78 is 5.17. The molecule has 0 fully saturated rings. The van der Waals surface area contributed by atoms with Gasteiger partial charge in [-0.3, -0.25) is 0 Å². The monoisotopic (exact) mass is 283 g/mol. The molecule has 0 aromatic heterocycles. The van der Waals surface area contributed by atoms with E-state index < -0.39 is 5.97 Å². The lowest BCUT2D eigenvalue weighted by atomic mass is 10.2. The van der Waals surface area contributed by atoms with Crippen LogP contribution in [0.4, 0.5) is 0 Å². The Labute approximate surface area is 121 Å². The summed E-state index contributed by atoms with van der Waals surface area (Å²) >= 11 is 5.82. The molecule has 0 unspecified atom stereocenters. The minimum absolute atomic E-state index is 0.293. The lowest BCUT2D eigenvalue weighted by Gasteiger charge is -1.98. The Balaban J connectivity index is 1.93. The molecule has 3 nitrogen and oxygen atoms in total. The van der Waals surface area contributed by atoms with Gasteiger partial charge in [0.2, 0.25) is 5.90 Å². The summed E-state index contributed by atoms with van der Waals surface area (Å²) in [6, 6.07) is 16.5. The Bertz CT molecular complexity index is 703. The van der Waals surface area contributed by atoms with Crippen LogP contribution in [-0.2, 0) is 9.53 Å². The maximum absolute atomic E-state index is 11.8. The van der Waals surface area contributed by atoms with Crippen molar-refractivity contribution in [2.24, 2.45) is 4.99 Å². The number of hydrogen-bond donors (Lipinski definition) is 0. The SMILES string of the molecule is O=C1OC(c2ccc(Cl)cc2)=N/C1=C/c1ccccc1. The molecule has 1 aliphatic heterocycles. The molecule has 0 spiro atoms. The highest BCUT2D eigenvalue weighted by atomic mass is 35.5. The van der Waals surface area contributed by atoms with Crippen molar-refractivity contribution in [1.29, 1.82) is 0 Å². The van der Waals surface area contributed by atoms with Gasteiger partial charge in [0.05, 0.1) is 0 Å². The number of nitrogens with zero attached hydrogens (tertiary/aromatic N) is 1. The molecule has 3 rings (SSSR count). The van der Waals surface area contributed by atoms with Gasteiger partial charge in [-0.15, -0.1) is 0 Å². The second kappa shape index (κ2) is 5.31. The fraction of sp³-hybridized carbons (Fsp3) is 0. The lowest BCUT2D eigenvalue weighted by Crippen LogP contribution is -2.05. The summed E-state index contributed by atoms with van der Waals surface area (Å²) in [5.41, 5.74) is 1.92. The maximum atomic E-state index is 11.8. The second-order valence-corrected chi connectivity index (χ2v) is 4.69. The van der Waals surface area contributed by atoms with Crippen molar-refractivity contribution in [1.82, 2.24) is 0 Å². The van der Waals surface area contributed by atoms with Gasteiger partial charge in [0.25, 0.3) is 0 Å². The first-order valence-corrected chi connectivity index (χ1v) is 6.44. The van der Waals surface area contributed by atoms with E-state index in [2.05, 4.69) is 4.99 Å². The molecular weight excluding hydrogens is 274 g/mol. The number of cyclic esters (lactones) is 1. The number of rotatable bonds is 2. The van der Waals surface area contributed by atoms with Crippen LogP contribution < -0.4 is 0 Å². The van der Waals surface area contributed by atoms with Crippen LogP contribution in [0.3, 0.4) is 0 Å². The van der Waals surface area contributed by atoms with E-state index in [0.717, 1.165) is 11.1 Å². The van der Waals surface area contributed by atoms with E-state index in [9.17, 15) is 4.79 Å². The molecular formula is C16H10ClNO2. The highest BCUT2D eigenvalue weighted by Gasteiger charge is 2.23. The van der Waals surface area contributed by atoms with Crippen LogP contribution in [0.5, 0.6) is 0 Å². The number of esters is 1. The summed E-state index contributed by atoms with van der Waals surface area (Å²) in [7, 11) is 0. The summed E-state index contributed by atoms with van der Waals surface area (Å²) in [5, 5.41) is 0.624. The van der Waals surface area contributed by atoms with Crippen LogP contribution in [0.25, 0.3) is 6.08 Å². The first kappa shape index (κ1) is 12.6. The zero-order valence-corrected chi connectivity index (χ0v) is 11.2. The molecule has 0 aliphatic carbocycles. The molecule has 0 N–H and O–H groups in total. The molecule has 2 aromatic carbocycles. The van der Waals surface area contributed by atoms with Gasteiger partial charge in [-0.05, 0) is 35.9 Å². The average Bonchev–Trinajstić information content (AvgIpc) is 2.82. The van der Waals surface area contributed by atoms with Gasteiger partial charge >= 0.3 is 5.97 Å². The third-order valence-electron chi connectivity index (χ3n) is 2.81. The van der Waals surface area contributed by atoms with Crippen LogP contribution in [0.15, 0.2) is 65.3 Å². The number of benzene rings is 2. The summed E-state index contributed by atoms with van der Waals surface area (Å²) in [5.74, 6) is -0.146. The van der Waals surface area contributed by atoms with Crippen molar-refractivity contribution in [2.75, 3.05) is 0 Å². The molecule has 0 saturated carbocycles. The third kappa shape index (κ3) is 2.63. The van der Waals surface area contributed by atoms with Crippen molar-refractivity contribution in [3.8, 4) is 0 Å². The first-order chi connectivity index (χ1) is 9.72. The number of carbonyl (C=O) groups excluding carboxylic acids is 1. The molecule has 1 heterocycles. The highest BCUT2D eigenvalue weighted by molar-refractivity contribution is 6.30. The van der Waals surface area contributed by atoms with Gasteiger partial charge in [0, 0.05) is 10.6 Å². The molecule has 0 radical (unpaired) electrons. The molecule has 4 heteroatoms. The van der Waals surface area contributed by atoms with Crippen molar-refractivity contribution < 1.29 is 9.53 Å². The molecule has 20 heavy (non-hydrogen) atoms. The van der Waals surface area contributed by atoms with Gasteiger partial charge in [-0.25, -0.2) is 9.79 Å². The minimum atomic E-state index is -0.446. The lowest BCUT2D eigenvalue weighted by molar-refractivity contribution is -0.129. The Morgan fingerprint density at radius 2 is 1.70 bits per heavy atom. The summed E-state index contributed by atoms with van der Waals surface area (Å²) in [4.78, 5) is 16.0. The van der Waals surface area contributed by atoms with E-state index >= 15 is 0 Å². The molecule has 1 aliphatic rings. The molecule has 0 bridgehead atoms. The van der Waals surface area contributed by atoms with E-state index in [1.165, 1.54) is 0 Å².